The lowest BCUT2D eigenvalue weighted by atomic mass is 9.98. The monoisotopic (exact) mass is 289 g/mol. The lowest BCUT2D eigenvalue weighted by molar-refractivity contribution is 0.481. The predicted octanol–water partition coefficient (Wildman–Crippen LogP) is 4.64. The average Bonchev–Trinajstić information content (AvgIpc) is 2.50. The van der Waals surface area contributed by atoms with E-state index in [2.05, 4.69) is 12.2 Å². The van der Waals surface area contributed by atoms with Crippen LogP contribution in [-0.4, -0.2) is 6.54 Å². The smallest absolute Gasteiger partial charge is 0.129 e. The molecule has 0 bridgehead atoms. The Morgan fingerprint density at radius 2 is 1.62 bits per heavy atom. The average molecular weight is 289 g/mol. The van der Waals surface area contributed by atoms with Crippen LogP contribution in [0, 0.1) is 11.6 Å². The van der Waals surface area contributed by atoms with Gasteiger partial charge in [-0.3, -0.25) is 0 Å². The van der Waals surface area contributed by atoms with E-state index in [-0.39, 0.29) is 11.6 Å². The Kier molecular flexibility index (Phi) is 5.88. The van der Waals surface area contributed by atoms with Gasteiger partial charge >= 0.3 is 0 Å². The van der Waals surface area contributed by atoms with Crippen molar-refractivity contribution < 1.29 is 8.78 Å². The number of benzene rings is 2. The van der Waals surface area contributed by atoms with Gasteiger partial charge in [-0.1, -0.05) is 43.3 Å². The third kappa shape index (κ3) is 4.36. The SMILES string of the molecule is CCCNC(CCc1c(F)cccc1F)c1ccccc1. The molecule has 1 unspecified atom stereocenters. The fourth-order valence-electron chi connectivity index (χ4n) is 2.45. The molecule has 0 amide bonds. The maximum Gasteiger partial charge on any atom is 0.129 e. The molecule has 0 aromatic heterocycles. The summed E-state index contributed by atoms with van der Waals surface area (Å²) in [5.41, 5.74) is 1.33. The molecule has 0 spiro atoms. The summed E-state index contributed by atoms with van der Waals surface area (Å²) in [7, 11) is 0. The maximum atomic E-state index is 13.7. The molecule has 0 aliphatic heterocycles. The highest BCUT2D eigenvalue weighted by atomic mass is 19.1. The minimum atomic E-state index is -0.461. The molecule has 0 aliphatic rings. The zero-order valence-electron chi connectivity index (χ0n) is 12.3. The van der Waals surface area contributed by atoms with E-state index in [9.17, 15) is 8.78 Å². The number of hydrogen-bond donors (Lipinski definition) is 1. The van der Waals surface area contributed by atoms with Crippen LogP contribution in [0.5, 0.6) is 0 Å². The molecule has 2 rings (SSSR count). The van der Waals surface area contributed by atoms with Crippen LogP contribution in [0.4, 0.5) is 8.78 Å². The zero-order valence-corrected chi connectivity index (χ0v) is 12.3. The summed E-state index contributed by atoms with van der Waals surface area (Å²) in [6, 6.07) is 14.2. The van der Waals surface area contributed by atoms with Crippen LogP contribution >= 0.6 is 0 Å². The molecule has 2 aromatic carbocycles. The van der Waals surface area contributed by atoms with Crippen LogP contribution in [0.1, 0.15) is 36.9 Å². The van der Waals surface area contributed by atoms with Gasteiger partial charge in [0.25, 0.3) is 0 Å². The van der Waals surface area contributed by atoms with E-state index in [1.165, 1.54) is 18.2 Å². The molecular formula is C18H21F2N. The van der Waals surface area contributed by atoms with Crippen LogP contribution in [0.2, 0.25) is 0 Å². The molecule has 21 heavy (non-hydrogen) atoms. The summed E-state index contributed by atoms with van der Waals surface area (Å²) in [5, 5.41) is 3.45. The van der Waals surface area contributed by atoms with Crippen molar-refractivity contribution in [3.8, 4) is 0 Å². The van der Waals surface area contributed by atoms with Crippen molar-refractivity contribution in [2.75, 3.05) is 6.54 Å². The first-order chi connectivity index (χ1) is 10.2. The van der Waals surface area contributed by atoms with E-state index in [1.807, 2.05) is 30.3 Å². The van der Waals surface area contributed by atoms with Crippen molar-refractivity contribution in [2.45, 2.75) is 32.2 Å². The van der Waals surface area contributed by atoms with Gasteiger partial charge in [0.15, 0.2) is 0 Å². The Morgan fingerprint density at radius 1 is 0.952 bits per heavy atom. The molecular weight excluding hydrogens is 268 g/mol. The molecule has 112 valence electrons. The third-order valence-electron chi connectivity index (χ3n) is 3.59. The molecule has 2 aromatic rings. The molecule has 0 heterocycles. The van der Waals surface area contributed by atoms with Gasteiger partial charge in [0.1, 0.15) is 11.6 Å². The fraction of sp³-hybridized carbons (Fsp3) is 0.333. The molecule has 0 fully saturated rings. The molecule has 0 aliphatic carbocycles. The summed E-state index contributed by atoms with van der Waals surface area (Å²) in [6.45, 7) is 2.99. The van der Waals surface area contributed by atoms with Crippen LogP contribution in [-0.2, 0) is 6.42 Å². The van der Waals surface area contributed by atoms with Gasteiger partial charge in [-0.2, -0.15) is 0 Å². The van der Waals surface area contributed by atoms with Gasteiger partial charge in [0.2, 0.25) is 0 Å². The first-order valence-electron chi connectivity index (χ1n) is 7.43. The van der Waals surface area contributed by atoms with Crippen LogP contribution in [0.15, 0.2) is 48.5 Å². The molecule has 1 atom stereocenters. The summed E-state index contributed by atoms with van der Waals surface area (Å²) in [6.07, 6.45) is 2.08. The van der Waals surface area contributed by atoms with Crippen molar-refractivity contribution in [2.24, 2.45) is 0 Å². The Bertz CT molecular complexity index is 534. The molecule has 0 saturated carbocycles. The quantitative estimate of drug-likeness (QED) is 0.783. The third-order valence-corrected chi connectivity index (χ3v) is 3.59. The first kappa shape index (κ1) is 15.6. The largest absolute Gasteiger partial charge is 0.310 e. The predicted molar refractivity (Wildman–Crippen MR) is 82.2 cm³/mol. The summed E-state index contributed by atoms with van der Waals surface area (Å²) < 4.78 is 27.4. The van der Waals surface area contributed by atoms with Crippen LogP contribution in [0.25, 0.3) is 0 Å². The van der Waals surface area contributed by atoms with Gasteiger partial charge in [-0.05, 0) is 43.5 Å². The molecule has 3 heteroatoms. The van der Waals surface area contributed by atoms with Gasteiger partial charge < -0.3 is 5.32 Å². The Morgan fingerprint density at radius 3 is 2.24 bits per heavy atom. The van der Waals surface area contributed by atoms with Crippen molar-refractivity contribution in [1.82, 2.24) is 5.32 Å². The lowest BCUT2D eigenvalue weighted by Gasteiger charge is -2.19. The fourth-order valence-corrected chi connectivity index (χ4v) is 2.45. The van der Waals surface area contributed by atoms with E-state index in [4.69, 9.17) is 0 Å². The highest BCUT2D eigenvalue weighted by Crippen LogP contribution is 2.21. The van der Waals surface area contributed by atoms with Crippen molar-refractivity contribution in [3.05, 3.63) is 71.3 Å². The Hall–Kier alpha value is -1.74. The Labute approximate surface area is 125 Å². The summed E-state index contributed by atoms with van der Waals surface area (Å²) >= 11 is 0. The van der Waals surface area contributed by atoms with E-state index in [0.29, 0.717) is 12.8 Å². The lowest BCUT2D eigenvalue weighted by Crippen LogP contribution is -2.23. The van der Waals surface area contributed by atoms with Gasteiger partial charge in [-0.15, -0.1) is 0 Å². The van der Waals surface area contributed by atoms with E-state index < -0.39 is 11.6 Å². The van der Waals surface area contributed by atoms with Crippen molar-refractivity contribution >= 4 is 0 Å². The molecule has 1 nitrogen and oxygen atoms in total. The summed E-state index contributed by atoms with van der Waals surface area (Å²) in [4.78, 5) is 0. The van der Waals surface area contributed by atoms with E-state index in [1.54, 1.807) is 0 Å². The van der Waals surface area contributed by atoms with Crippen molar-refractivity contribution in [3.63, 3.8) is 0 Å². The topological polar surface area (TPSA) is 12.0 Å². The number of hydrogen-bond acceptors (Lipinski definition) is 1. The second-order valence-corrected chi connectivity index (χ2v) is 5.16. The zero-order chi connectivity index (χ0) is 15.1. The second-order valence-electron chi connectivity index (χ2n) is 5.16. The van der Waals surface area contributed by atoms with Gasteiger partial charge in [0.05, 0.1) is 0 Å². The number of rotatable bonds is 7. The van der Waals surface area contributed by atoms with Crippen LogP contribution < -0.4 is 5.32 Å². The molecule has 1 N–H and O–H groups in total. The van der Waals surface area contributed by atoms with Gasteiger partial charge in [-0.25, -0.2) is 8.78 Å². The minimum absolute atomic E-state index is 0.116. The molecule has 0 saturated heterocycles. The second kappa shape index (κ2) is 7.89. The normalized spacial score (nSPS) is 12.3. The minimum Gasteiger partial charge on any atom is -0.310 e. The maximum absolute atomic E-state index is 13.7. The standard InChI is InChI=1S/C18H21F2N/c1-2-13-21-18(14-7-4-3-5-8-14)12-11-15-16(19)9-6-10-17(15)20/h3-10,18,21H,2,11-13H2,1H3. The number of nitrogens with one attached hydrogen (secondary N) is 1. The Balaban J connectivity index is 2.09. The number of halogens is 2. The van der Waals surface area contributed by atoms with E-state index >= 15 is 0 Å². The van der Waals surface area contributed by atoms with Crippen LogP contribution in [0.3, 0.4) is 0 Å². The van der Waals surface area contributed by atoms with Gasteiger partial charge in [0, 0.05) is 11.6 Å². The first-order valence-corrected chi connectivity index (χ1v) is 7.43. The highest BCUT2D eigenvalue weighted by molar-refractivity contribution is 5.22. The van der Waals surface area contributed by atoms with Crippen molar-refractivity contribution in [1.29, 1.82) is 0 Å². The molecule has 0 radical (unpaired) electrons. The highest BCUT2D eigenvalue weighted by Gasteiger charge is 2.14. The summed E-state index contributed by atoms with van der Waals surface area (Å²) in [5.74, 6) is -0.922. The van der Waals surface area contributed by atoms with E-state index in [0.717, 1.165) is 18.5 Å².